The molecule has 0 fully saturated rings. The monoisotopic (exact) mass is 329 g/mol. The van der Waals surface area contributed by atoms with Crippen LogP contribution in [0.3, 0.4) is 0 Å². The van der Waals surface area contributed by atoms with Crippen molar-refractivity contribution in [2.45, 2.75) is 51.6 Å². The average molecular weight is 329 g/mol. The lowest BCUT2D eigenvalue weighted by atomic mass is 10.1. The van der Waals surface area contributed by atoms with Gasteiger partial charge < -0.3 is 4.57 Å². The van der Waals surface area contributed by atoms with E-state index in [1.807, 2.05) is 71.9 Å². The minimum atomic E-state index is -2.55. The van der Waals surface area contributed by atoms with Gasteiger partial charge in [-0.1, -0.05) is 44.2 Å². The van der Waals surface area contributed by atoms with Crippen LogP contribution >= 0.6 is 7.14 Å². The minimum Gasteiger partial charge on any atom is -0.321 e. The van der Waals surface area contributed by atoms with Crippen molar-refractivity contribution < 1.29 is 8.77 Å². The van der Waals surface area contributed by atoms with Gasteiger partial charge in [0, 0.05) is 12.3 Å². The fourth-order valence-corrected chi connectivity index (χ4v) is 6.36. The second kappa shape index (κ2) is 6.76. The smallest absolute Gasteiger partial charge is 0.111 e. The van der Waals surface area contributed by atoms with Crippen molar-refractivity contribution in [1.82, 2.24) is 4.72 Å². The highest BCUT2D eigenvalue weighted by atomic mass is 32.2. The van der Waals surface area contributed by atoms with Crippen molar-refractivity contribution in [3.05, 3.63) is 35.9 Å². The first-order valence-corrected chi connectivity index (χ1v) is 10.7. The molecule has 0 aliphatic heterocycles. The van der Waals surface area contributed by atoms with E-state index in [2.05, 4.69) is 4.72 Å². The Morgan fingerprint density at radius 1 is 1.05 bits per heavy atom. The van der Waals surface area contributed by atoms with Gasteiger partial charge in [0.05, 0.1) is 15.7 Å². The molecule has 0 radical (unpaired) electrons. The van der Waals surface area contributed by atoms with Gasteiger partial charge in [-0.05, 0) is 33.3 Å². The molecule has 0 aromatic heterocycles. The van der Waals surface area contributed by atoms with Gasteiger partial charge in [-0.25, -0.2) is 8.93 Å². The Labute approximate surface area is 131 Å². The summed E-state index contributed by atoms with van der Waals surface area (Å²) in [5.74, 6) is 0. The molecule has 0 saturated heterocycles. The Morgan fingerprint density at radius 3 is 1.90 bits per heavy atom. The Balaban J connectivity index is 3.38. The zero-order valence-electron chi connectivity index (χ0n) is 14.0. The summed E-state index contributed by atoms with van der Waals surface area (Å²) in [5.41, 5.74) is 0.939. The maximum atomic E-state index is 13.4. The highest BCUT2D eigenvalue weighted by Gasteiger charge is 2.45. The van der Waals surface area contributed by atoms with Gasteiger partial charge in [0.1, 0.15) is 12.4 Å². The van der Waals surface area contributed by atoms with Crippen LogP contribution in [0, 0.1) is 0 Å². The fraction of sp³-hybridized carbons (Fsp3) is 0.625. The van der Waals surface area contributed by atoms with E-state index < -0.39 is 28.2 Å². The quantitative estimate of drug-likeness (QED) is 0.790. The molecule has 0 heterocycles. The number of nitrogens with one attached hydrogen (secondary N) is 1. The Kier molecular flexibility index (Phi) is 5.99. The molecule has 0 saturated carbocycles. The highest BCUT2D eigenvalue weighted by Crippen LogP contribution is 2.61. The van der Waals surface area contributed by atoms with Crippen LogP contribution in [0.1, 0.15) is 47.1 Å². The number of hydrogen-bond acceptors (Lipinski definition) is 2. The zero-order chi connectivity index (χ0) is 16.3. The van der Waals surface area contributed by atoms with Gasteiger partial charge >= 0.3 is 0 Å². The molecule has 1 aromatic rings. The molecule has 0 spiro atoms. The molecule has 1 unspecified atom stereocenters. The van der Waals surface area contributed by atoms with E-state index in [4.69, 9.17) is 0 Å². The molecular weight excluding hydrogens is 301 g/mol. The Bertz CT molecular complexity index is 531. The normalized spacial score (nSPS) is 17.2. The van der Waals surface area contributed by atoms with Gasteiger partial charge in [0.15, 0.2) is 0 Å². The molecule has 0 bridgehead atoms. The van der Waals surface area contributed by atoms with Gasteiger partial charge in [-0.3, -0.25) is 0 Å². The molecule has 3 nitrogen and oxygen atoms in total. The number of benzene rings is 1. The molecular formula is C16H28NO2PS. The summed E-state index contributed by atoms with van der Waals surface area (Å²) in [6, 6.07) is 9.74. The minimum absolute atomic E-state index is 0.400. The Hall–Kier alpha value is -0.440. The first kappa shape index (κ1) is 18.6. The molecule has 1 aromatic carbocycles. The van der Waals surface area contributed by atoms with Crippen LogP contribution in [0.4, 0.5) is 0 Å². The predicted octanol–water partition coefficient (Wildman–Crippen LogP) is 4.31. The van der Waals surface area contributed by atoms with Crippen LogP contribution in [-0.4, -0.2) is 21.3 Å². The largest absolute Gasteiger partial charge is 0.321 e. The van der Waals surface area contributed by atoms with E-state index in [0.29, 0.717) is 12.3 Å². The van der Waals surface area contributed by atoms with E-state index in [-0.39, 0.29) is 0 Å². The molecule has 1 N–H and O–H groups in total. The van der Waals surface area contributed by atoms with Gasteiger partial charge in [-0.15, -0.1) is 0 Å². The maximum Gasteiger partial charge on any atom is 0.111 e. The predicted molar refractivity (Wildman–Crippen MR) is 93.5 cm³/mol. The SMILES string of the molecule is CCP(=O)(CC)[C@@](C)(NS(=O)C(C)(C)C)c1ccccc1. The third-order valence-electron chi connectivity index (χ3n) is 4.02. The lowest BCUT2D eigenvalue weighted by molar-refractivity contribution is 0.515. The van der Waals surface area contributed by atoms with Crippen molar-refractivity contribution in [3.63, 3.8) is 0 Å². The van der Waals surface area contributed by atoms with E-state index >= 15 is 0 Å². The topological polar surface area (TPSA) is 46.2 Å². The fourth-order valence-electron chi connectivity index (χ4n) is 2.33. The van der Waals surface area contributed by atoms with Gasteiger partial charge in [0.2, 0.25) is 0 Å². The lowest BCUT2D eigenvalue weighted by Crippen LogP contribution is -2.46. The second-order valence-electron chi connectivity index (χ2n) is 6.44. The molecule has 1 rings (SSSR count). The molecule has 0 amide bonds. The molecule has 0 aliphatic carbocycles. The summed E-state index contributed by atoms with van der Waals surface area (Å²) in [6.45, 7) is 11.6. The molecule has 0 aliphatic rings. The van der Waals surface area contributed by atoms with Crippen molar-refractivity contribution >= 4 is 18.1 Å². The van der Waals surface area contributed by atoms with Crippen LogP contribution < -0.4 is 4.72 Å². The van der Waals surface area contributed by atoms with Crippen molar-refractivity contribution in [2.75, 3.05) is 12.3 Å². The second-order valence-corrected chi connectivity index (χ2v) is 12.3. The van der Waals surface area contributed by atoms with Crippen LogP contribution in [0.5, 0.6) is 0 Å². The zero-order valence-corrected chi connectivity index (χ0v) is 15.7. The third-order valence-corrected chi connectivity index (χ3v) is 9.92. The maximum absolute atomic E-state index is 13.4. The van der Waals surface area contributed by atoms with E-state index in [0.717, 1.165) is 5.56 Å². The van der Waals surface area contributed by atoms with E-state index in [9.17, 15) is 8.77 Å². The molecule has 21 heavy (non-hydrogen) atoms. The van der Waals surface area contributed by atoms with Crippen molar-refractivity contribution in [2.24, 2.45) is 0 Å². The number of rotatable bonds is 6. The third kappa shape index (κ3) is 3.85. The standard InChI is InChI=1S/C16H28NO2PS/c1-7-20(18,8-2)16(6,14-12-10-9-11-13-14)17-21(19)15(3,4)5/h9-13,17H,7-8H2,1-6H3/t16-,21?/m1/s1. The molecule has 5 heteroatoms. The summed E-state index contributed by atoms with van der Waals surface area (Å²) in [5, 5.41) is -0.768. The summed E-state index contributed by atoms with van der Waals surface area (Å²) >= 11 is 0. The summed E-state index contributed by atoms with van der Waals surface area (Å²) < 4.78 is 28.9. The number of hydrogen-bond donors (Lipinski definition) is 1. The van der Waals surface area contributed by atoms with Crippen LogP contribution in [0.15, 0.2) is 30.3 Å². The first-order chi connectivity index (χ1) is 9.60. The summed E-state index contributed by atoms with van der Waals surface area (Å²) in [6.07, 6.45) is 1.17. The molecule has 120 valence electrons. The lowest BCUT2D eigenvalue weighted by Gasteiger charge is -2.39. The first-order valence-electron chi connectivity index (χ1n) is 7.44. The van der Waals surface area contributed by atoms with Crippen LogP contribution in [0.25, 0.3) is 0 Å². The Morgan fingerprint density at radius 2 is 1.52 bits per heavy atom. The van der Waals surface area contributed by atoms with E-state index in [1.54, 1.807) is 0 Å². The molecule has 2 atom stereocenters. The average Bonchev–Trinajstić information content (AvgIpc) is 2.46. The van der Waals surface area contributed by atoms with Gasteiger partial charge in [-0.2, -0.15) is 0 Å². The van der Waals surface area contributed by atoms with Crippen LogP contribution in [0.2, 0.25) is 0 Å². The summed E-state index contributed by atoms with van der Waals surface area (Å²) in [4.78, 5) is 0. The van der Waals surface area contributed by atoms with Crippen molar-refractivity contribution in [3.8, 4) is 0 Å². The van der Waals surface area contributed by atoms with Gasteiger partial charge in [0.25, 0.3) is 0 Å². The van der Waals surface area contributed by atoms with E-state index in [1.165, 1.54) is 0 Å². The van der Waals surface area contributed by atoms with Crippen molar-refractivity contribution in [1.29, 1.82) is 0 Å². The highest BCUT2D eigenvalue weighted by molar-refractivity contribution is 7.85. The van der Waals surface area contributed by atoms with Crippen LogP contribution in [-0.2, 0) is 20.8 Å². The summed E-state index contributed by atoms with van der Waals surface area (Å²) in [7, 11) is -3.83.